The molecule has 1 aromatic heterocycles. The van der Waals surface area contributed by atoms with Gasteiger partial charge in [-0.2, -0.15) is 0 Å². The molecule has 0 spiro atoms. The highest BCUT2D eigenvalue weighted by molar-refractivity contribution is 6.31. The van der Waals surface area contributed by atoms with E-state index in [2.05, 4.69) is 22.0 Å². The molecule has 0 saturated carbocycles. The van der Waals surface area contributed by atoms with Gasteiger partial charge in [0, 0.05) is 16.4 Å². The fraction of sp³-hybridized carbons (Fsp3) is 0. The normalized spacial score (nSPS) is 10.8. The zero-order chi connectivity index (χ0) is 15.6. The van der Waals surface area contributed by atoms with Crippen molar-refractivity contribution in [2.75, 3.05) is 5.32 Å². The zero-order valence-electron chi connectivity index (χ0n) is 12.3. The number of anilines is 2. The smallest absolute Gasteiger partial charge is 0.213 e. The van der Waals surface area contributed by atoms with Gasteiger partial charge in [-0.05, 0) is 42.5 Å². The number of para-hydroxylation sites is 2. The number of imidazole rings is 1. The van der Waals surface area contributed by atoms with Crippen molar-refractivity contribution in [3.8, 4) is 5.69 Å². The number of hydrogen-bond donors (Lipinski definition) is 1. The molecule has 1 N–H and O–H groups in total. The van der Waals surface area contributed by atoms with Crippen molar-refractivity contribution in [2.24, 2.45) is 0 Å². The van der Waals surface area contributed by atoms with Crippen LogP contribution in [0, 0.1) is 0 Å². The fourth-order valence-corrected chi connectivity index (χ4v) is 2.79. The average molecular weight is 320 g/mol. The maximum atomic E-state index is 6.19. The molecule has 0 bridgehead atoms. The van der Waals surface area contributed by atoms with Gasteiger partial charge in [-0.3, -0.25) is 4.57 Å². The van der Waals surface area contributed by atoms with Crippen molar-refractivity contribution in [1.29, 1.82) is 0 Å². The fourth-order valence-electron chi connectivity index (χ4n) is 2.62. The van der Waals surface area contributed by atoms with E-state index in [4.69, 9.17) is 16.6 Å². The van der Waals surface area contributed by atoms with E-state index in [0.717, 1.165) is 28.4 Å². The second-order valence-corrected chi connectivity index (χ2v) is 5.67. The Balaban J connectivity index is 1.92. The molecular weight excluding hydrogens is 306 g/mol. The monoisotopic (exact) mass is 319 g/mol. The third-order valence-corrected chi connectivity index (χ3v) is 3.90. The Bertz CT molecular complexity index is 946. The number of nitrogens with zero attached hydrogens (tertiary/aromatic N) is 2. The predicted molar refractivity (Wildman–Crippen MR) is 95.8 cm³/mol. The summed E-state index contributed by atoms with van der Waals surface area (Å²) in [7, 11) is 0. The lowest BCUT2D eigenvalue weighted by Crippen LogP contribution is -2.01. The Morgan fingerprint density at radius 1 is 0.826 bits per heavy atom. The molecule has 23 heavy (non-hydrogen) atoms. The number of halogens is 1. The summed E-state index contributed by atoms with van der Waals surface area (Å²) in [6, 6.07) is 25.9. The van der Waals surface area contributed by atoms with E-state index in [0.29, 0.717) is 5.02 Å². The Hall–Kier alpha value is -2.78. The van der Waals surface area contributed by atoms with Gasteiger partial charge in [-0.25, -0.2) is 4.98 Å². The summed E-state index contributed by atoms with van der Waals surface area (Å²) in [6.45, 7) is 0. The van der Waals surface area contributed by atoms with Crippen LogP contribution in [0.4, 0.5) is 11.6 Å². The molecule has 0 aliphatic rings. The van der Waals surface area contributed by atoms with Crippen molar-refractivity contribution in [3.63, 3.8) is 0 Å². The van der Waals surface area contributed by atoms with Crippen LogP contribution < -0.4 is 5.32 Å². The van der Waals surface area contributed by atoms with Crippen molar-refractivity contribution in [2.45, 2.75) is 0 Å². The summed E-state index contributed by atoms with van der Waals surface area (Å²) in [5, 5.41) is 4.08. The minimum Gasteiger partial charge on any atom is -0.325 e. The molecule has 112 valence electrons. The summed E-state index contributed by atoms with van der Waals surface area (Å²) < 4.78 is 2.08. The highest BCUT2D eigenvalue weighted by atomic mass is 35.5. The second-order valence-electron chi connectivity index (χ2n) is 5.23. The van der Waals surface area contributed by atoms with Gasteiger partial charge >= 0.3 is 0 Å². The first-order valence-corrected chi connectivity index (χ1v) is 7.74. The van der Waals surface area contributed by atoms with Gasteiger partial charge in [0.25, 0.3) is 0 Å². The van der Waals surface area contributed by atoms with E-state index in [-0.39, 0.29) is 0 Å². The molecule has 4 rings (SSSR count). The van der Waals surface area contributed by atoms with E-state index in [1.54, 1.807) is 0 Å². The van der Waals surface area contributed by atoms with Crippen molar-refractivity contribution < 1.29 is 0 Å². The van der Waals surface area contributed by atoms with E-state index in [1.165, 1.54) is 0 Å². The van der Waals surface area contributed by atoms with Crippen molar-refractivity contribution in [1.82, 2.24) is 9.55 Å². The molecule has 0 unspecified atom stereocenters. The van der Waals surface area contributed by atoms with Crippen LogP contribution in [0.1, 0.15) is 0 Å². The van der Waals surface area contributed by atoms with Crippen LogP contribution in [0.3, 0.4) is 0 Å². The largest absolute Gasteiger partial charge is 0.325 e. The van der Waals surface area contributed by atoms with E-state index < -0.39 is 0 Å². The van der Waals surface area contributed by atoms with Crippen LogP contribution in [-0.4, -0.2) is 9.55 Å². The summed E-state index contributed by atoms with van der Waals surface area (Å²) in [5.74, 6) is 0.764. The first kappa shape index (κ1) is 13.9. The maximum absolute atomic E-state index is 6.19. The molecular formula is C19H14ClN3. The molecule has 0 fully saturated rings. The van der Waals surface area contributed by atoms with Gasteiger partial charge in [0.2, 0.25) is 5.95 Å². The summed E-state index contributed by atoms with van der Waals surface area (Å²) in [4.78, 5) is 4.72. The summed E-state index contributed by atoms with van der Waals surface area (Å²) >= 11 is 6.19. The maximum Gasteiger partial charge on any atom is 0.213 e. The highest BCUT2D eigenvalue weighted by Crippen LogP contribution is 2.28. The molecule has 3 nitrogen and oxygen atoms in total. The molecule has 0 amide bonds. The van der Waals surface area contributed by atoms with Crippen LogP contribution in [0.15, 0.2) is 78.9 Å². The van der Waals surface area contributed by atoms with Crippen molar-refractivity contribution in [3.05, 3.63) is 83.9 Å². The molecule has 1 heterocycles. The van der Waals surface area contributed by atoms with Crippen LogP contribution >= 0.6 is 11.6 Å². The number of fused-ring (bicyclic) bond motifs is 1. The third kappa shape index (κ3) is 2.67. The number of nitrogens with one attached hydrogen (secondary N) is 1. The Kier molecular flexibility index (Phi) is 3.48. The SMILES string of the molecule is Clc1ccc2nc(Nc3ccccc3)n(-c3ccccc3)c2c1. The van der Waals surface area contributed by atoms with E-state index in [9.17, 15) is 0 Å². The number of aromatic nitrogens is 2. The van der Waals surface area contributed by atoms with Gasteiger partial charge in [0.1, 0.15) is 0 Å². The molecule has 0 aliphatic heterocycles. The quantitative estimate of drug-likeness (QED) is 0.546. The molecule has 0 atom stereocenters. The number of benzene rings is 3. The Labute approximate surface area is 139 Å². The van der Waals surface area contributed by atoms with E-state index >= 15 is 0 Å². The van der Waals surface area contributed by atoms with Gasteiger partial charge in [-0.15, -0.1) is 0 Å². The molecule has 0 radical (unpaired) electrons. The molecule has 0 saturated heterocycles. The number of hydrogen-bond acceptors (Lipinski definition) is 2. The van der Waals surface area contributed by atoms with Gasteiger partial charge < -0.3 is 5.32 Å². The highest BCUT2D eigenvalue weighted by Gasteiger charge is 2.13. The van der Waals surface area contributed by atoms with Crippen LogP contribution in [0.5, 0.6) is 0 Å². The summed E-state index contributed by atoms with van der Waals surface area (Å²) in [5.41, 5.74) is 3.90. The molecule has 4 aromatic rings. The van der Waals surface area contributed by atoms with Gasteiger partial charge in [0.05, 0.1) is 11.0 Å². The minimum absolute atomic E-state index is 0.695. The lowest BCUT2D eigenvalue weighted by molar-refractivity contribution is 1.10. The lowest BCUT2D eigenvalue weighted by atomic mass is 10.3. The Morgan fingerprint density at radius 3 is 2.26 bits per heavy atom. The van der Waals surface area contributed by atoms with Crippen LogP contribution in [-0.2, 0) is 0 Å². The first-order chi connectivity index (χ1) is 11.3. The van der Waals surface area contributed by atoms with Crippen LogP contribution in [0.25, 0.3) is 16.7 Å². The molecule has 0 aliphatic carbocycles. The zero-order valence-corrected chi connectivity index (χ0v) is 13.0. The Morgan fingerprint density at radius 2 is 1.52 bits per heavy atom. The minimum atomic E-state index is 0.695. The van der Waals surface area contributed by atoms with Gasteiger partial charge in [0.15, 0.2) is 0 Å². The van der Waals surface area contributed by atoms with Gasteiger partial charge in [-0.1, -0.05) is 48.0 Å². The number of rotatable bonds is 3. The lowest BCUT2D eigenvalue weighted by Gasteiger charge is -2.11. The summed E-state index contributed by atoms with van der Waals surface area (Å²) in [6.07, 6.45) is 0. The van der Waals surface area contributed by atoms with E-state index in [1.807, 2.05) is 66.7 Å². The third-order valence-electron chi connectivity index (χ3n) is 3.66. The second kappa shape index (κ2) is 5.78. The standard InChI is InChI=1S/C19H14ClN3/c20-14-11-12-17-18(13-14)23(16-9-5-2-6-10-16)19(22-17)21-15-7-3-1-4-8-15/h1-13H,(H,21,22). The molecule has 4 heteroatoms. The predicted octanol–water partition coefficient (Wildman–Crippen LogP) is 5.42. The first-order valence-electron chi connectivity index (χ1n) is 7.37. The molecule has 3 aromatic carbocycles. The van der Waals surface area contributed by atoms with Crippen molar-refractivity contribution >= 4 is 34.3 Å². The topological polar surface area (TPSA) is 29.9 Å². The van der Waals surface area contributed by atoms with Crippen LogP contribution in [0.2, 0.25) is 5.02 Å². The average Bonchev–Trinajstić information content (AvgIpc) is 2.93.